The van der Waals surface area contributed by atoms with Gasteiger partial charge in [-0.15, -0.1) is 0 Å². The van der Waals surface area contributed by atoms with Crippen molar-refractivity contribution in [1.82, 2.24) is 0 Å². The molecule has 0 aliphatic carbocycles. The summed E-state index contributed by atoms with van der Waals surface area (Å²) in [5.41, 5.74) is 7.53. The van der Waals surface area contributed by atoms with Crippen LogP contribution in [0.15, 0.2) is 30.3 Å². The van der Waals surface area contributed by atoms with E-state index in [0.29, 0.717) is 5.92 Å². The third kappa shape index (κ3) is 2.83. The Labute approximate surface area is 97.8 Å². The lowest BCUT2D eigenvalue weighted by Gasteiger charge is -2.39. The standard InChI is InChI=1S/C14H21NO/c1-14(2)9-13(15)12(10-16-14)8-11-6-4-3-5-7-11/h3-7,12-13H,8-10,15H2,1-2H3. The van der Waals surface area contributed by atoms with E-state index < -0.39 is 0 Å². The zero-order valence-corrected chi connectivity index (χ0v) is 10.1. The van der Waals surface area contributed by atoms with Crippen LogP contribution in [0.2, 0.25) is 0 Å². The van der Waals surface area contributed by atoms with E-state index in [1.165, 1.54) is 5.56 Å². The van der Waals surface area contributed by atoms with Gasteiger partial charge < -0.3 is 10.5 Å². The lowest BCUT2D eigenvalue weighted by molar-refractivity contribution is -0.0844. The molecule has 1 aliphatic rings. The van der Waals surface area contributed by atoms with Crippen molar-refractivity contribution in [2.45, 2.75) is 38.3 Å². The van der Waals surface area contributed by atoms with Crippen LogP contribution in [0.3, 0.4) is 0 Å². The van der Waals surface area contributed by atoms with E-state index in [1.54, 1.807) is 0 Å². The van der Waals surface area contributed by atoms with Crippen LogP contribution >= 0.6 is 0 Å². The molecule has 1 aromatic rings. The number of nitrogens with two attached hydrogens (primary N) is 1. The molecule has 16 heavy (non-hydrogen) atoms. The van der Waals surface area contributed by atoms with Gasteiger partial charge in [-0.3, -0.25) is 0 Å². The lowest BCUT2D eigenvalue weighted by atomic mass is 9.84. The van der Waals surface area contributed by atoms with Crippen molar-refractivity contribution in [1.29, 1.82) is 0 Å². The van der Waals surface area contributed by atoms with Gasteiger partial charge in [0.1, 0.15) is 0 Å². The summed E-state index contributed by atoms with van der Waals surface area (Å²) in [5.74, 6) is 0.454. The van der Waals surface area contributed by atoms with Gasteiger partial charge in [0.25, 0.3) is 0 Å². The predicted octanol–water partition coefficient (Wildman–Crippen LogP) is 2.37. The fourth-order valence-electron chi connectivity index (χ4n) is 2.38. The van der Waals surface area contributed by atoms with Gasteiger partial charge in [-0.2, -0.15) is 0 Å². The van der Waals surface area contributed by atoms with E-state index in [4.69, 9.17) is 10.5 Å². The van der Waals surface area contributed by atoms with Gasteiger partial charge in [0, 0.05) is 12.0 Å². The molecule has 0 saturated carbocycles. The van der Waals surface area contributed by atoms with E-state index in [1.807, 2.05) is 6.07 Å². The highest BCUT2D eigenvalue weighted by Gasteiger charge is 2.33. The van der Waals surface area contributed by atoms with Gasteiger partial charge in [0.2, 0.25) is 0 Å². The third-order valence-corrected chi connectivity index (χ3v) is 3.36. The van der Waals surface area contributed by atoms with Crippen molar-refractivity contribution in [2.75, 3.05) is 6.61 Å². The molecular weight excluding hydrogens is 198 g/mol. The molecule has 2 N–H and O–H groups in total. The van der Waals surface area contributed by atoms with E-state index in [2.05, 4.69) is 38.1 Å². The van der Waals surface area contributed by atoms with Crippen molar-refractivity contribution < 1.29 is 4.74 Å². The van der Waals surface area contributed by atoms with Gasteiger partial charge in [-0.1, -0.05) is 30.3 Å². The van der Waals surface area contributed by atoms with Crippen LogP contribution in [-0.2, 0) is 11.2 Å². The van der Waals surface area contributed by atoms with Gasteiger partial charge in [-0.25, -0.2) is 0 Å². The highest BCUT2D eigenvalue weighted by atomic mass is 16.5. The Balaban J connectivity index is 1.97. The first kappa shape index (κ1) is 11.6. The first-order valence-corrected chi connectivity index (χ1v) is 6.00. The second kappa shape index (κ2) is 4.56. The number of hydrogen-bond donors (Lipinski definition) is 1. The molecule has 0 radical (unpaired) electrons. The zero-order chi connectivity index (χ0) is 11.6. The summed E-state index contributed by atoms with van der Waals surface area (Å²) in [6.07, 6.45) is 1.97. The molecule has 1 aromatic carbocycles. The van der Waals surface area contributed by atoms with E-state index >= 15 is 0 Å². The van der Waals surface area contributed by atoms with Gasteiger partial charge in [-0.05, 0) is 32.3 Å². The van der Waals surface area contributed by atoms with Crippen LogP contribution in [0.5, 0.6) is 0 Å². The Hall–Kier alpha value is -0.860. The van der Waals surface area contributed by atoms with Gasteiger partial charge in [0.05, 0.1) is 12.2 Å². The Morgan fingerprint density at radius 2 is 2.00 bits per heavy atom. The van der Waals surface area contributed by atoms with Crippen LogP contribution in [0, 0.1) is 5.92 Å². The molecule has 2 unspecified atom stereocenters. The highest BCUT2D eigenvalue weighted by molar-refractivity contribution is 5.16. The summed E-state index contributed by atoms with van der Waals surface area (Å²) >= 11 is 0. The molecule has 0 bridgehead atoms. The highest BCUT2D eigenvalue weighted by Crippen LogP contribution is 2.28. The number of benzene rings is 1. The van der Waals surface area contributed by atoms with E-state index in [0.717, 1.165) is 19.4 Å². The fraction of sp³-hybridized carbons (Fsp3) is 0.571. The molecule has 2 heteroatoms. The lowest BCUT2D eigenvalue weighted by Crippen LogP contribution is -2.47. The third-order valence-electron chi connectivity index (χ3n) is 3.36. The van der Waals surface area contributed by atoms with Crippen LogP contribution in [0.25, 0.3) is 0 Å². The minimum Gasteiger partial charge on any atom is -0.375 e. The Morgan fingerprint density at radius 3 is 2.62 bits per heavy atom. The predicted molar refractivity (Wildman–Crippen MR) is 66.3 cm³/mol. The van der Waals surface area contributed by atoms with Crippen LogP contribution < -0.4 is 5.73 Å². The smallest absolute Gasteiger partial charge is 0.0641 e. The van der Waals surface area contributed by atoms with Crippen LogP contribution in [-0.4, -0.2) is 18.2 Å². The molecule has 2 nitrogen and oxygen atoms in total. The minimum atomic E-state index is -0.0490. The second-order valence-electron chi connectivity index (χ2n) is 5.39. The summed E-state index contributed by atoms with van der Waals surface area (Å²) in [6.45, 7) is 5.01. The molecule has 1 fully saturated rings. The Morgan fingerprint density at radius 1 is 1.31 bits per heavy atom. The Bertz CT molecular complexity index is 334. The minimum absolute atomic E-state index is 0.0490. The summed E-state index contributed by atoms with van der Waals surface area (Å²) in [6, 6.07) is 10.8. The number of hydrogen-bond acceptors (Lipinski definition) is 2. The molecule has 2 rings (SSSR count). The molecule has 1 saturated heterocycles. The van der Waals surface area contributed by atoms with Crippen LogP contribution in [0.4, 0.5) is 0 Å². The van der Waals surface area contributed by atoms with Gasteiger partial charge >= 0.3 is 0 Å². The van der Waals surface area contributed by atoms with Crippen molar-refractivity contribution in [3.63, 3.8) is 0 Å². The fourth-order valence-corrected chi connectivity index (χ4v) is 2.38. The first-order valence-electron chi connectivity index (χ1n) is 6.00. The SMILES string of the molecule is CC1(C)CC(N)C(Cc2ccccc2)CO1. The average molecular weight is 219 g/mol. The Kier molecular flexibility index (Phi) is 3.31. The quantitative estimate of drug-likeness (QED) is 0.828. The molecule has 2 atom stereocenters. The largest absolute Gasteiger partial charge is 0.375 e. The monoisotopic (exact) mass is 219 g/mol. The van der Waals surface area contributed by atoms with Crippen molar-refractivity contribution in [3.05, 3.63) is 35.9 Å². The molecule has 0 spiro atoms. The zero-order valence-electron chi connectivity index (χ0n) is 10.1. The van der Waals surface area contributed by atoms with Crippen molar-refractivity contribution in [2.24, 2.45) is 11.7 Å². The second-order valence-corrected chi connectivity index (χ2v) is 5.39. The summed E-state index contributed by atoms with van der Waals surface area (Å²) in [5, 5.41) is 0. The first-order chi connectivity index (χ1) is 7.57. The number of ether oxygens (including phenoxy) is 1. The maximum Gasteiger partial charge on any atom is 0.0641 e. The van der Waals surface area contributed by atoms with Crippen molar-refractivity contribution in [3.8, 4) is 0 Å². The average Bonchev–Trinajstić information content (AvgIpc) is 2.23. The molecular formula is C14H21NO. The van der Waals surface area contributed by atoms with Crippen molar-refractivity contribution >= 4 is 0 Å². The molecule has 0 aromatic heterocycles. The number of rotatable bonds is 2. The summed E-state index contributed by atoms with van der Waals surface area (Å²) in [7, 11) is 0. The molecule has 0 amide bonds. The van der Waals surface area contributed by atoms with Crippen LogP contribution in [0.1, 0.15) is 25.8 Å². The molecule has 1 aliphatic heterocycles. The topological polar surface area (TPSA) is 35.2 Å². The summed E-state index contributed by atoms with van der Waals surface area (Å²) < 4.78 is 5.84. The normalized spacial score (nSPS) is 28.9. The molecule has 1 heterocycles. The molecule has 88 valence electrons. The van der Waals surface area contributed by atoms with E-state index in [9.17, 15) is 0 Å². The van der Waals surface area contributed by atoms with E-state index in [-0.39, 0.29) is 11.6 Å². The maximum absolute atomic E-state index is 6.22. The summed E-state index contributed by atoms with van der Waals surface area (Å²) in [4.78, 5) is 0. The maximum atomic E-state index is 6.22. The van der Waals surface area contributed by atoms with Gasteiger partial charge in [0.15, 0.2) is 0 Å².